The third-order valence-electron chi connectivity index (χ3n) is 3.51. The number of ketones is 1. The van der Waals surface area contributed by atoms with Gasteiger partial charge in [0.15, 0.2) is 5.78 Å². The number of rotatable bonds is 6. The summed E-state index contributed by atoms with van der Waals surface area (Å²) in [5.74, 6) is 3.06. The van der Waals surface area contributed by atoms with Crippen LogP contribution in [-0.2, 0) is 11.2 Å². The van der Waals surface area contributed by atoms with Gasteiger partial charge in [-0.15, -0.1) is 6.42 Å². The smallest absolute Gasteiger partial charge is 0.216 e. The van der Waals surface area contributed by atoms with Gasteiger partial charge >= 0.3 is 0 Å². The summed E-state index contributed by atoms with van der Waals surface area (Å²) in [6, 6.07) is 9.40. The van der Waals surface area contributed by atoms with E-state index in [1.807, 2.05) is 30.3 Å². The molecule has 0 spiro atoms. The lowest BCUT2D eigenvalue weighted by atomic mass is 9.97. The molecular weight excluding hydrogens is 290 g/mol. The van der Waals surface area contributed by atoms with Crippen LogP contribution < -0.4 is 10.1 Å². The summed E-state index contributed by atoms with van der Waals surface area (Å²) >= 11 is 0. The number of benzene rings is 2. The molecule has 4 nitrogen and oxygen atoms in total. The summed E-state index contributed by atoms with van der Waals surface area (Å²) in [7, 11) is 0. The Morgan fingerprint density at radius 2 is 2.00 bits per heavy atom. The largest absolute Gasteiger partial charge is 0.481 e. The summed E-state index contributed by atoms with van der Waals surface area (Å²) in [5.41, 5.74) is 1.65. The van der Waals surface area contributed by atoms with E-state index in [1.165, 1.54) is 6.92 Å². The van der Waals surface area contributed by atoms with E-state index in [4.69, 9.17) is 11.2 Å². The van der Waals surface area contributed by atoms with E-state index in [1.54, 1.807) is 6.92 Å². The van der Waals surface area contributed by atoms with E-state index < -0.39 is 0 Å². The Bertz CT molecular complexity index is 787. The molecule has 23 heavy (non-hydrogen) atoms. The average Bonchev–Trinajstić information content (AvgIpc) is 2.52. The Hall–Kier alpha value is -2.80. The van der Waals surface area contributed by atoms with E-state index >= 15 is 0 Å². The fourth-order valence-electron chi connectivity index (χ4n) is 2.41. The fraction of sp³-hybridized carbons (Fsp3) is 0.263. The van der Waals surface area contributed by atoms with Crippen LogP contribution in [0.3, 0.4) is 0 Å². The number of hydrogen-bond acceptors (Lipinski definition) is 3. The minimum Gasteiger partial charge on any atom is -0.481 e. The first kappa shape index (κ1) is 16.6. The van der Waals surface area contributed by atoms with Crippen LogP contribution in [0.4, 0.5) is 0 Å². The van der Waals surface area contributed by atoms with Gasteiger partial charge < -0.3 is 10.1 Å². The van der Waals surface area contributed by atoms with Gasteiger partial charge in [0, 0.05) is 19.0 Å². The van der Waals surface area contributed by atoms with Gasteiger partial charge in [0.25, 0.3) is 0 Å². The minimum atomic E-state index is -0.0740. The van der Waals surface area contributed by atoms with Gasteiger partial charge in [0.1, 0.15) is 12.4 Å². The molecule has 1 N–H and O–H groups in total. The van der Waals surface area contributed by atoms with Gasteiger partial charge in [-0.1, -0.05) is 12.0 Å². The van der Waals surface area contributed by atoms with Crippen LogP contribution in [0.15, 0.2) is 30.3 Å². The van der Waals surface area contributed by atoms with Crippen LogP contribution in [0.25, 0.3) is 10.8 Å². The Morgan fingerprint density at radius 1 is 1.22 bits per heavy atom. The van der Waals surface area contributed by atoms with E-state index in [-0.39, 0.29) is 18.3 Å². The van der Waals surface area contributed by atoms with Gasteiger partial charge in [-0.25, -0.2) is 0 Å². The van der Waals surface area contributed by atoms with Crippen molar-refractivity contribution in [2.45, 2.75) is 20.3 Å². The molecule has 0 heterocycles. The topological polar surface area (TPSA) is 55.4 Å². The highest BCUT2D eigenvalue weighted by molar-refractivity contribution is 6.00. The lowest BCUT2D eigenvalue weighted by Gasteiger charge is -2.11. The lowest BCUT2D eigenvalue weighted by molar-refractivity contribution is -0.118. The minimum absolute atomic E-state index is 0.0142. The second-order valence-corrected chi connectivity index (χ2v) is 5.30. The number of fused-ring (bicyclic) bond motifs is 1. The highest BCUT2D eigenvalue weighted by atomic mass is 16.5. The van der Waals surface area contributed by atoms with Crippen molar-refractivity contribution in [3.8, 4) is 18.1 Å². The maximum atomic E-state index is 11.7. The first-order valence-corrected chi connectivity index (χ1v) is 7.39. The van der Waals surface area contributed by atoms with Crippen LogP contribution >= 0.6 is 0 Å². The van der Waals surface area contributed by atoms with Gasteiger partial charge in [-0.05, 0) is 53.9 Å². The predicted octanol–water partition coefficient (Wildman–Crippen LogP) is 2.73. The van der Waals surface area contributed by atoms with Crippen molar-refractivity contribution in [3.05, 3.63) is 41.5 Å². The zero-order chi connectivity index (χ0) is 16.8. The number of amides is 1. The van der Waals surface area contributed by atoms with E-state index in [0.717, 1.165) is 16.3 Å². The Kier molecular flexibility index (Phi) is 5.37. The summed E-state index contributed by atoms with van der Waals surface area (Å²) < 4.78 is 5.47. The van der Waals surface area contributed by atoms with Crippen LogP contribution in [0, 0.1) is 12.3 Å². The lowest BCUT2D eigenvalue weighted by Crippen LogP contribution is -2.22. The molecule has 0 aliphatic rings. The first-order valence-electron chi connectivity index (χ1n) is 7.39. The van der Waals surface area contributed by atoms with Crippen molar-refractivity contribution in [1.82, 2.24) is 5.32 Å². The molecule has 2 rings (SSSR count). The van der Waals surface area contributed by atoms with Gasteiger partial charge in [-0.3, -0.25) is 9.59 Å². The molecule has 1 amide bonds. The molecule has 2 aromatic rings. The van der Waals surface area contributed by atoms with E-state index in [2.05, 4.69) is 11.2 Å². The van der Waals surface area contributed by atoms with E-state index in [9.17, 15) is 9.59 Å². The van der Waals surface area contributed by atoms with Crippen molar-refractivity contribution in [3.63, 3.8) is 0 Å². The van der Waals surface area contributed by atoms with Crippen molar-refractivity contribution in [2.75, 3.05) is 13.2 Å². The van der Waals surface area contributed by atoms with Crippen LogP contribution in [-0.4, -0.2) is 24.8 Å². The van der Waals surface area contributed by atoms with E-state index in [0.29, 0.717) is 24.3 Å². The number of Topliss-reactive ketones (excluding diaryl/α,β-unsaturated/α-hetero) is 1. The average molecular weight is 309 g/mol. The number of hydrogen-bond donors (Lipinski definition) is 1. The summed E-state index contributed by atoms with van der Waals surface area (Å²) in [6.07, 6.45) is 5.85. The second kappa shape index (κ2) is 7.46. The molecular formula is C19H19NO3. The highest BCUT2D eigenvalue weighted by Crippen LogP contribution is 2.26. The maximum Gasteiger partial charge on any atom is 0.216 e. The molecule has 0 bridgehead atoms. The van der Waals surface area contributed by atoms with Gasteiger partial charge in [-0.2, -0.15) is 0 Å². The van der Waals surface area contributed by atoms with Crippen molar-refractivity contribution >= 4 is 22.5 Å². The van der Waals surface area contributed by atoms with Crippen molar-refractivity contribution in [2.24, 2.45) is 0 Å². The Balaban J connectivity index is 2.42. The Morgan fingerprint density at radius 3 is 2.65 bits per heavy atom. The SMILES string of the molecule is C#CCOc1ccc2cc(C(C)=O)cc(CCNC(C)=O)c2c1. The van der Waals surface area contributed by atoms with Gasteiger partial charge in [0.2, 0.25) is 5.91 Å². The predicted molar refractivity (Wildman–Crippen MR) is 90.7 cm³/mol. The zero-order valence-corrected chi connectivity index (χ0v) is 13.3. The number of terminal acetylenes is 1. The molecule has 0 fully saturated rings. The molecule has 4 heteroatoms. The number of carbonyl (C=O) groups is 2. The summed E-state index contributed by atoms with van der Waals surface area (Å²) in [5, 5.41) is 4.73. The summed E-state index contributed by atoms with van der Waals surface area (Å²) in [4.78, 5) is 22.8. The molecule has 0 aromatic heterocycles. The number of nitrogens with one attached hydrogen (secondary N) is 1. The quantitative estimate of drug-likeness (QED) is 0.659. The molecule has 0 atom stereocenters. The monoisotopic (exact) mass is 309 g/mol. The molecule has 2 aromatic carbocycles. The van der Waals surface area contributed by atoms with Crippen LogP contribution in [0.2, 0.25) is 0 Å². The zero-order valence-electron chi connectivity index (χ0n) is 13.3. The van der Waals surface area contributed by atoms with Crippen LogP contribution in [0.1, 0.15) is 29.8 Å². The molecule has 118 valence electrons. The third kappa shape index (κ3) is 4.33. The van der Waals surface area contributed by atoms with Crippen LogP contribution in [0.5, 0.6) is 5.75 Å². The van der Waals surface area contributed by atoms with Crippen molar-refractivity contribution < 1.29 is 14.3 Å². The normalized spacial score (nSPS) is 10.1. The second-order valence-electron chi connectivity index (χ2n) is 5.30. The molecule has 0 radical (unpaired) electrons. The molecule has 0 saturated carbocycles. The third-order valence-corrected chi connectivity index (χ3v) is 3.51. The first-order chi connectivity index (χ1) is 11.0. The number of carbonyl (C=O) groups excluding carboxylic acids is 2. The highest BCUT2D eigenvalue weighted by Gasteiger charge is 2.09. The molecule has 0 unspecified atom stereocenters. The molecule has 0 aliphatic heterocycles. The fourth-order valence-corrected chi connectivity index (χ4v) is 2.41. The van der Waals surface area contributed by atoms with Crippen molar-refractivity contribution in [1.29, 1.82) is 0 Å². The maximum absolute atomic E-state index is 11.7. The van der Waals surface area contributed by atoms with Gasteiger partial charge in [0.05, 0.1) is 0 Å². The molecule has 0 aliphatic carbocycles. The molecule has 0 saturated heterocycles. The number of ether oxygens (including phenoxy) is 1. The Labute approximate surface area is 135 Å². The standard InChI is InChI=1S/C19H19NO3/c1-4-9-23-18-6-5-15-10-17(13(2)21)11-16(19(15)12-18)7-8-20-14(3)22/h1,5-6,10-12H,7-9H2,2-3H3,(H,20,22). The summed E-state index contributed by atoms with van der Waals surface area (Å²) in [6.45, 7) is 3.75.